The first-order valence-electron chi connectivity index (χ1n) is 3.47. The highest BCUT2D eigenvalue weighted by atomic mass is 31.2. The molecule has 0 aliphatic carbocycles. The summed E-state index contributed by atoms with van der Waals surface area (Å²) in [6.45, 7) is 2.89. The van der Waals surface area contributed by atoms with Crippen LogP contribution >= 0.6 is 7.60 Å². The van der Waals surface area contributed by atoms with Gasteiger partial charge in [0, 0.05) is 14.2 Å². The molecular formula is C6H16NO4P. The molecule has 0 rings (SSSR count). The molecule has 0 bridgehead atoms. The van der Waals surface area contributed by atoms with Crippen molar-refractivity contribution in [3.63, 3.8) is 0 Å². The van der Waals surface area contributed by atoms with E-state index in [1.54, 1.807) is 0 Å². The van der Waals surface area contributed by atoms with Gasteiger partial charge in [-0.3, -0.25) is 4.57 Å². The van der Waals surface area contributed by atoms with Crippen LogP contribution in [0.5, 0.6) is 0 Å². The average Bonchev–Trinajstić information content (AvgIpc) is 2.00. The molecule has 0 aromatic heterocycles. The van der Waals surface area contributed by atoms with Crippen LogP contribution in [-0.4, -0.2) is 30.7 Å². The summed E-state index contributed by atoms with van der Waals surface area (Å²) in [4.78, 5) is 0. The molecule has 0 aromatic rings. The molecule has 0 aromatic carbocycles. The number of hydrogen-bond donors (Lipinski definition) is 2. The van der Waals surface area contributed by atoms with Gasteiger partial charge in [0.2, 0.25) is 0 Å². The first-order valence-corrected chi connectivity index (χ1v) is 5.08. The zero-order chi connectivity index (χ0) is 9.99. The fraction of sp³-hybridized carbons (Fsp3) is 1.00. The molecule has 0 fully saturated rings. The minimum absolute atomic E-state index is 1.04. The lowest BCUT2D eigenvalue weighted by atomic mass is 10.1. The van der Waals surface area contributed by atoms with E-state index >= 15 is 0 Å². The number of rotatable bonds is 4. The predicted molar refractivity (Wildman–Crippen MR) is 45.9 cm³/mol. The van der Waals surface area contributed by atoms with Gasteiger partial charge < -0.3 is 19.9 Å². The molecule has 0 radical (unpaired) electrons. The quantitative estimate of drug-likeness (QED) is 0.642. The molecule has 74 valence electrons. The molecule has 6 heteroatoms. The second kappa shape index (κ2) is 3.85. The number of aliphatic hydroxyl groups is 1. The third kappa shape index (κ3) is 2.54. The molecule has 1 atom stereocenters. The number of nitrogens with two attached hydrogens (primary N) is 1. The Hall–Kier alpha value is 0.0700. The molecule has 12 heavy (non-hydrogen) atoms. The Morgan fingerprint density at radius 3 is 1.83 bits per heavy atom. The average molecular weight is 197 g/mol. The van der Waals surface area contributed by atoms with E-state index in [0.717, 1.165) is 0 Å². The Kier molecular flexibility index (Phi) is 3.87. The van der Waals surface area contributed by atoms with Gasteiger partial charge in [-0.2, -0.15) is 0 Å². The van der Waals surface area contributed by atoms with Crippen LogP contribution in [0.4, 0.5) is 0 Å². The van der Waals surface area contributed by atoms with Crippen LogP contribution in [0.15, 0.2) is 0 Å². The van der Waals surface area contributed by atoms with Crippen molar-refractivity contribution in [2.75, 3.05) is 14.2 Å². The fourth-order valence-corrected chi connectivity index (χ4v) is 2.07. The lowest BCUT2D eigenvalue weighted by molar-refractivity contribution is 0.0649. The number of hydrogen-bond acceptors (Lipinski definition) is 5. The molecule has 0 aliphatic rings. The van der Waals surface area contributed by atoms with Crippen molar-refractivity contribution in [2.45, 2.75) is 25.2 Å². The minimum Gasteiger partial charge on any atom is -0.388 e. The van der Waals surface area contributed by atoms with Crippen LogP contribution in [0.1, 0.15) is 13.8 Å². The van der Waals surface area contributed by atoms with Crippen LogP contribution in [0.2, 0.25) is 0 Å². The summed E-state index contributed by atoms with van der Waals surface area (Å²) in [6, 6.07) is 0. The van der Waals surface area contributed by atoms with E-state index < -0.39 is 19.0 Å². The molecule has 0 saturated carbocycles. The first kappa shape index (κ1) is 12.1. The van der Waals surface area contributed by atoms with E-state index in [4.69, 9.17) is 5.73 Å². The van der Waals surface area contributed by atoms with Crippen molar-refractivity contribution in [1.82, 2.24) is 0 Å². The Bertz CT molecular complexity index is 180. The monoisotopic (exact) mass is 197 g/mol. The van der Waals surface area contributed by atoms with Crippen LogP contribution in [-0.2, 0) is 13.6 Å². The van der Waals surface area contributed by atoms with Crippen LogP contribution in [0, 0.1) is 0 Å². The summed E-state index contributed by atoms with van der Waals surface area (Å²) < 4.78 is 20.8. The Balaban J connectivity index is 4.66. The first-order chi connectivity index (χ1) is 5.28. The lowest BCUT2D eigenvalue weighted by Gasteiger charge is -2.29. The second-order valence-corrected chi connectivity index (χ2v) is 5.37. The molecule has 0 amide bonds. The summed E-state index contributed by atoms with van der Waals surface area (Å²) >= 11 is 0. The highest BCUT2D eigenvalue weighted by molar-refractivity contribution is 7.54. The molecule has 0 saturated heterocycles. The molecule has 3 N–H and O–H groups in total. The maximum atomic E-state index is 11.6. The van der Waals surface area contributed by atoms with E-state index in [9.17, 15) is 9.67 Å². The van der Waals surface area contributed by atoms with Gasteiger partial charge in [0.15, 0.2) is 0 Å². The van der Waals surface area contributed by atoms with Crippen molar-refractivity contribution < 1.29 is 18.7 Å². The summed E-state index contributed by atoms with van der Waals surface area (Å²) in [5.41, 5.74) is 4.20. The largest absolute Gasteiger partial charge is 0.388 e. The van der Waals surface area contributed by atoms with Gasteiger partial charge in [0.1, 0.15) is 5.78 Å². The molecule has 0 heterocycles. The van der Waals surface area contributed by atoms with Crippen LogP contribution in [0.3, 0.4) is 0 Å². The SMILES string of the molecule is COP(=O)(OC)C(N)C(C)(C)O. The van der Waals surface area contributed by atoms with Crippen molar-refractivity contribution in [2.24, 2.45) is 5.73 Å². The standard InChI is InChI=1S/C6H16NO4P/c1-6(2,8)5(7)12(9,10-3)11-4/h5,8H,7H2,1-4H3. The van der Waals surface area contributed by atoms with Gasteiger partial charge in [-0.15, -0.1) is 0 Å². The van der Waals surface area contributed by atoms with Gasteiger partial charge in [0.05, 0.1) is 5.60 Å². The maximum absolute atomic E-state index is 11.6. The van der Waals surface area contributed by atoms with E-state index in [2.05, 4.69) is 9.05 Å². The van der Waals surface area contributed by atoms with Crippen molar-refractivity contribution in [3.05, 3.63) is 0 Å². The summed E-state index contributed by atoms with van der Waals surface area (Å²) in [7, 11) is -0.902. The topological polar surface area (TPSA) is 81.8 Å². The van der Waals surface area contributed by atoms with Gasteiger partial charge in [-0.25, -0.2) is 0 Å². The fourth-order valence-electron chi connectivity index (χ4n) is 0.689. The predicted octanol–water partition coefficient (Wildman–Crippen LogP) is 0.528. The van der Waals surface area contributed by atoms with Crippen molar-refractivity contribution in [3.8, 4) is 0 Å². The Morgan fingerprint density at radius 1 is 1.42 bits per heavy atom. The smallest absolute Gasteiger partial charge is 0.349 e. The van der Waals surface area contributed by atoms with Crippen LogP contribution in [0.25, 0.3) is 0 Å². The van der Waals surface area contributed by atoms with E-state index in [1.165, 1.54) is 28.1 Å². The Labute approximate surface area is 72.4 Å². The normalized spacial score (nSPS) is 16.2. The summed E-state index contributed by atoms with van der Waals surface area (Å²) in [6.07, 6.45) is 0. The molecule has 1 unspecified atom stereocenters. The van der Waals surface area contributed by atoms with E-state index in [1.807, 2.05) is 0 Å². The van der Waals surface area contributed by atoms with Crippen molar-refractivity contribution >= 4 is 7.60 Å². The molecule has 0 aliphatic heterocycles. The highest BCUT2D eigenvalue weighted by Crippen LogP contribution is 2.52. The third-order valence-corrected chi connectivity index (χ3v) is 3.90. The molecule has 5 nitrogen and oxygen atoms in total. The van der Waals surface area contributed by atoms with E-state index in [-0.39, 0.29) is 0 Å². The second-order valence-electron chi connectivity index (χ2n) is 3.00. The van der Waals surface area contributed by atoms with Gasteiger partial charge in [0.25, 0.3) is 0 Å². The maximum Gasteiger partial charge on any atom is 0.349 e. The van der Waals surface area contributed by atoms with Gasteiger partial charge in [-0.1, -0.05) is 0 Å². The van der Waals surface area contributed by atoms with Gasteiger partial charge >= 0.3 is 7.60 Å². The summed E-state index contributed by atoms with van der Waals surface area (Å²) in [5.74, 6) is -1.04. The molecular weight excluding hydrogens is 181 g/mol. The van der Waals surface area contributed by atoms with Crippen LogP contribution < -0.4 is 5.73 Å². The summed E-state index contributed by atoms with van der Waals surface area (Å²) in [5, 5.41) is 9.43. The Morgan fingerprint density at radius 2 is 1.75 bits per heavy atom. The zero-order valence-electron chi connectivity index (χ0n) is 7.77. The highest BCUT2D eigenvalue weighted by Gasteiger charge is 2.41. The minimum atomic E-state index is -3.37. The molecule has 0 spiro atoms. The zero-order valence-corrected chi connectivity index (χ0v) is 8.67. The lowest BCUT2D eigenvalue weighted by Crippen LogP contribution is -2.43. The van der Waals surface area contributed by atoms with Crippen molar-refractivity contribution in [1.29, 1.82) is 0 Å². The van der Waals surface area contributed by atoms with Gasteiger partial charge in [-0.05, 0) is 13.8 Å². The van der Waals surface area contributed by atoms with E-state index in [0.29, 0.717) is 0 Å². The third-order valence-electron chi connectivity index (χ3n) is 1.57.